The average Bonchev–Trinajstić information content (AvgIpc) is 2.84. The van der Waals surface area contributed by atoms with Crippen molar-refractivity contribution in [2.45, 2.75) is 64.1 Å². The Morgan fingerprint density at radius 3 is 2.94 bits per heavy atom. The van der Waals surface area contributed by atoms with Gasteiger partial charge in [0, 0.05) is 5.75 Å². The third-order valence-corrected chi connectivity index (χ3v) is 4.70. The van der Waals surface area contributed by atoms with Gasteiger partial charge in [-0.05, 0) is 12.8 Å². The van der Waals surface area contributed by atoms with Crippen LogP contribution in [0.4, 0.5) is 0 Å². The molecule has 0 bridgehead atoms. The number of unbranched alkanes of at least 4 members (excludes halogenated alkanes) is 3. The highest BCUT2D eigenvalue weighted by Crippen LogP contribution is 2.43. The summed E-state index contributed by atoms with van der Waals surface area (Å²) in [5.74, 6) is 1.07. The van der Waals surface area contributed by atoms with Crippen molar-refractivity contribution in [3.63, 3.8) is 0 Å². The van der Waals surface area contributed by atoms with E-state index in [1.54, 1.807) is 11.8 Å². The van der Waals surface area contributed by atoms with Gasteiger partial charge >= 0.3 is 0 Å². The van der Waals surface area contributed by atoms with Crippen LogP contribution >= 0.6 is 11.8 Å². The van der Waals surface area contributed by atoms with E-state index in [2.05, 4.69) is 18.8 Å². The Morgan fingerprint density at radius 2 is 2.28 bits per heavy atom. The first-order valence-corrected chi connectivity index (χ1v) is 8.27. The molecule has 0 spiro atoms. The summed E-state index contributed by atoms with van der Waals surface area (Å²) in [6.07, 6.45) is 7.92. The molecule has 2 heterocycles. The van der Waals surface area contributed by atoms with E-state index in [-0.39, 0.29) is 5.60 Å². The van der Waals surface area contributed by atoms with E-state index in [0.29, 0.717) is 12.7 Å². The molecule has 4 heteroatoms. The first-order valence-electron chi connectivity index (χ1n) is 7.28. The summed E-state index contributed by atoms with van der Waals surface area (Å²) in [5, 5.41) is 0.864. The molecule has 0 radical (unpaired) electrons. The molecule has 0 aromatic rings. The third-order valence-electron chi connectivity index (χ3n) is 3.82. The minimum Gasteiger partial charge on any atom is -0.470 e. The van der Waals surface area contributed by atoms with Crippen LogP contribution in [0.1, 0.15) is 52.4 Å². The van der Waals surface area contributed by atoms with Crippen molar-refractivity contribution in [3.8, 4) is 0 Å². The Hall–Kier alpha value is -0.220. The molecule has 18 heavy (non-hydrogen) atoms. The Labute approximate surface area is 115 Å². The van der Waals surface area contributed by atoms with E-state index < -0.39 is 0 Å². The lowest BCUT2D eigenvalue weighted by Gasteiger charge is -2.11. The van der Waals surface area contributed by atoms with Crippen LogP contribution < -0.4 is 0 Å². The second-order valence-corrected chi connectivity index (χ2v) is 6.21. The van der Waals surface area contributed by atoms with Gasteiger partial charge in [-0.1, -0.05) is 51.3 Å². The molecule has 0 N–H and O–H groups in total. The van der Waals surface area contributed by atoms with Gasteiger partial charge in [-0.3, -0.25) is 0 Å². The maximum absolute atomic E-state index is 5.90. The van der Waals surface area contributed by atoms with Crippen LogP contribution in [0, 0.1) is 0 Å². The predicted molar refractivity (Wildman–Crippen MR) is 77.4 cm³/mol. The van der Waals surface area contributed by atoms with Crippen molar-refractivity contribution in [1.29, 1.82) is 0 Å². The Kier molecular flexibility index (Phi) is 5.37. The number of rotatable bonds is 8. The molecule has 104 valence electrons. The highest BCUT2D eigenvalue weighted by molar-refractivity contribution is 8.13. The molecule has 2 rings (SSSR count). The summed E-state index contributed by atoms with van der Waals surface area (Å²) >= 11 is 1.72. The average molecular weight is 271 g/mol. The van der Waals surface area contributed by atoms with Crippen molar-refractivity contribution in [2.75, 3.05) is 18.9 Å². The molecule has 2 aliphatic heterocycles. The lowest BCUT2D eigenvalue weighted by Crippen LogP contribution is -2.23. The fraction of sp³-hybridized carbons (Fsp3) is 0.929. The number of ether oxygens (including phenoxy) is 2. The van der Waals surface area contributed by atoms with E-state index in [1.807, 2.05) is 0 Å². The molecule has 0 saturated carbocycles. The van der Waals surface area contributed by atoms with Gasteiger partial charge < -0.3 is 9.47 Å². The summed E-state index contributed by atoms with van der Waals surface area (Å²) < 4.78 is 11.7. The molecule has 1 saturated heterocycles. The zero-order chi connectivity index (χ0) is 12.8. The van der Waals surface area contributed by atoms with Crippen molar-refractivity contribution >= 4 is 17.0 Å². The maximum Gasteiger partial charge on any atom is 0.245 e. The Balaban J connectivity index is 1.65. The molecule has 3 nitrogen and oxygen atoms in total. The van der Waals surface area contributed by atoms with Crippen LogP contribution in [-0.4, -0.2) is 35.8 Å². The summed E-state index contributed by atoms with van der Waals surface area (Å²) in [5.41, 5.74) is -0.00210. The molecule has 2 atom stereocenters. The summed E-state index contributed by atoms with van der Waals surface area (Å²) in [6, 6.07) is 0. The van der Waals surface area contributed by atoms with E-state index >= 15 is 0 Å². The van der Waals surface area contributed by atoms with E-state index in [1.165, 1.54) is 32.1 Å². The summed E-state index contributed by atoms with van der Waals surface area (Å²) in [4.78, 5) is 4.31. The van der Waals surface area contributed by atoms with Gasteiger partial charge in [-0.2, -0.15) is 0 Å². The fourth-order valence-electron chi connectivity index (χ4n) is 2.45. The van der Waals surface area contributed by atoms with Crippen LogP contribution in [0.5, 0.6) is 0 Å². The van der Waals surface area contributed by atoms with E-state index in [4.69, 9.17) is 9.47 Å². The number of thioether (sulfide) groups is 1. The quantitative estimate of drug-likeness (QED) is 0.499. The van der Waals surface area contributed by atoms with Crippen LogP contribution in [0.3, 0.4) is 0 Å². The van der Waals surface area contributed by atoms with Crippen molar-refractivity contribution in [1.82, 2.24) is 0 Å². The number of hydrogen-bond acceptors (Lipinski definition) is 4. The highest BCUT2D eigenvalue weighted by atomic mass is 32.2. The van der Waals surface area contributed by atoms with Gasteiger partial charge in [0.05, 0.1) is 12.6 Å². The van der Waals surface area contributed by atoms with E-state index in [9.17, 15) is 0 Å². The van der Waals surface area contributed by atoms with Crippen molar-refractivity contribution in [2.24, 2.45) is 4.99 Å². The molecule has 0 amide bonds. The molecule has 1 fully saturated rings. The standard InChI is InChI=1S/C14H25NO2S/c1-3-5-6-7-8-12-14(4-2,17-12)11-16-13-15-9-10-18-13/h12H,3-11H2,1-2H3. The second-order valence-electron chi connectivity index (χ2n) is 5.16. The van der Waals surface area contributed by atoms with Crippen molar-refractivity contribution in [3.05, 3.63) is 0 Å². The Bertz CT molecular complexity index is 296. The number of aliphatic imine (C=N–C) groups is 1. The lowest BCUT2D eigenvalue weighted by molar-refractivity contribution is 0.180. The largest absolute Gasteiger partial charge is 0.470 e. The fourth-order valence-corrected chi connectivity index (χ4v) is 3.14. The first kappa shape index (κ1) is 14.2. The van der Waals surface area contributed by atoms with Gasteiger partial charge in [0.1, 0.15) is 12.2 Å². The normalized spacial score (nSPS) is 30.3. The summed E-state index contributed by atoms with van der Waals surface area (Å²) in [6.45, 7) is 6.03. The van der Waals surface area contributed by atoms with Crippen LogP contribution in [-0.2, 0) is 9.47 Å². The SMILES string of the molecule is CCCCCCC1OC1(CC)COC1=NCCS1. The zero-order valence-corrected chi connectivity index (χ0v) is 12.4. The van der Waals surface area contributed by atoms with Crippen LogP contribution in [0.2, 0.25) is 0 Å². The number of epoxide rings is 1. The molecular formula is C14H25NO2S. The number of nitrogens with zero attached hydrogens (tertiary/aromatic N) is 1. The van der Waals surface area contributed by atoms with Gasteiger partial charge in [0.25, 0.3) is 0 Å². The van der Waals surface area contributed by atoms with Crippen molar-refractivity contribution < 1.29 is 9.47 Å². The number of hydrogen-bond donors (Lipinski definition) is 0. The zero-order valence-electron chi connectivity index (χ0n) is 11.6. The minimum atomic E-state index is -0.00210. The third kappa shape index (κ3) is 3.64. The van der Waals surface area contributed by atoms with Gasteiger partial charge in [0.15, 0.2) is 0 Å². The highest BCUT2D eigenvalue weighted by Gasteiger charge is 2.55. The molecule has 0 aromatic carbocycles. The molecule has 2 unspecified atom stereocenters. The summed E-state index contributed by atoms with van der Waals surface area (Å²) in [7, 11) is 0. The monoisotopic (exact) mass is 271 g/mol. The molecule has 0 aromatic heterocycles. The van der Waals surface area contributed by atoms with Gasteiger partial charge in [0.2, 0.25) is 5.23 Å². The predicted octanol–water partition coefficient (Wildman–Crippen LogP) is 3.62. The smallest absolute Gasteiger partial charge is 0.245 e. The lowest BCUT2D eigenvalue weighted by atomic mass is 9.99. The topological polar surface area (TPSA) is 34.1 Å². The minimum absolute atomic E-state index is 0.00210. The van der Waals surface area contributed by atoms with Gasteiger partial charge in [-0.25, -0.2) is 4.99 Å². The van der Waals surface area contributed by atoms with Crippen LogP contribution in [0.15, 0.2) is 4.99 Å². The molecule has 0 aliphatic carbocycles. The van der Waals surface area contributed by atoms with Gasteiger partial charge in [-0.15, -0.1) is 0 Å². The Morgan fingerprint density at radius 1 is 1.39 bits per heavy atom. The second kappa shape index (κ2) is 6.80. The molecular weight excluding hydrogens is 246 g/mol. The van der Waals surface area contributed by atoms with Crippen LogP contribution in [0.25, 0.3) is 0 Å². The molecule has 2 aliphatic rings. The first-order chi connectivity index (χ1) is 8.80. The van der Waals surface area contributed by atoms with E-state index in [0.717, 1.165) is 23.9 Å². The maximum atomic E-state index is 5.90.